The molecular weight excluding hydrogens is 194 g/mol. The lowest BCUT2D eigenvalue weighted by atomic mass is 10.3. The summed E-state index contributed by atoms with van der Waals surface area (Å²) in [6.07, 6.45) is 1.82. The number of hydrogen-bond acceptors (Lipinski definition) is 5. The molecule has 0 bridgehead atoms. The molecule has 2 rings (SSSR count). The van der Waals surface area contributed by atoms with Gasteiger partial charge in [-0.25, -0.2) is 0 Å². The first-order valence-electron chi connectivity index (χ1n) is 4.58. The van der Waals surface area contributed by atoms with Crippen molar-refractivity contribution < 1.29 is 9.57 Å². The third-order valence-electron chi connectivity index (χ3n) is 1.92. The average molecular weight is 207 g/mol. The average Bonchev–Trinajstić information content (AvgIpc) is 2.64. The van der Waals surface area contributed by atoms with E-state index in [-0.39, 0.29) is 0 Å². The van der Waals surface area contributed by atoms with Crippen molar-refractivity contribution in [1.29, 1.82) is 0 Å². The summed E-state index contributed by atoms with van der Waals surface area (Å²) in [5.74, 6) is 1.50. The molecule has 0 unspecified atom stereocenters. The molecular formula is C10H13N3O2. The van der Waals surface area contributed by atoms with Crippen molar-refractivity contribution in [3.8, 4) is 5.75 Å². The Morgan fingerprint density at radius 1 is 1.40 bits per heavy atom. The number of hydrogen-bond donors (Lipinski definition) is 2. The molecule has 0 aliphatic carbocycles. The minimum absolute atomic E-state index is 0.390. The van der Waals surface area contributed by atoms with Gasteiger partial charge in [0.2, 0.25) is 0 Å². The number of anilines is 1. The summed E-state index contributed by atoms with van der Waals surface area (Å²) in [6.45, 7) is 0.390. The fraction of sp³-hybridized carbons (Fsp3) is 0.200. The summed E-state index contributed by atoms with van der Waals surface area (Å²) >= 11 is 0. The number of nitrogen functional groups attached to an aromatic ring is 1. The zero-order valence-corrected chi connectivity index (χ0v) is 8.43. The van der Waals surface area contributed by atoms with Gasteiger partial charge in [0.05, 0.1) is 6.20 Å². The summed E-state index contributed by atoms with van der Waals surface area (Å²) in [5, 5.41) is 1.71. The van der Waals surface area contributed by atoms with Gasteiger partial charge in [0.25, 0.3) is 0 Å². The first kappa shape index (κ1) is 9.67. The van der Waals surface area contributed by atoms with Gasteiger partial charge in [0, 0.05) is 12.7 Å². The summed E-state index contributed by atoms with van der Waals surface area (Å²) in [5.41, 5.74) is 8.93. The Bertz CT molecular complexity index is 361. The van der Waals surface area contributed by atoms with E-state index in [2.05, 4.69) is 5.59 Å². The lowest BCUT2D eigenvalue weighted by molar-refractivity contribution is 0.0260. The SMILES string of the molecule is CN1C=C(COc2ccc(N)cc2)ON1. The van der Waals surface area contributed by atoms with E-state index in [0.29, 0.717) is 6.61 Å². The van der Waals surface area contributed by atoms with Crippen LogP contribution in [-0.2, 0) is 4.84 Å². The summed E-state index contributed by atoms with van der Waals surface area (Å²) in [4.78, 5) is 5.10. The third-order valence-corrected chi connectivity index (χ3v) is 1.92. The number of nitrogens with zero attached hydrogens (tertiary/aromatic N) is 1. The maximum atomic E-state index is 5.55. The molecule has 1 aromatic rings. The van der Waals surface area contributed by atoms with Crippen LogP contribution in [0.1, 0.15) is 0 Å². The highest BCUT2D eigenvalue weighted by Crippen LogP contribution is 2.14. The van der Waals surface area contributed by atoms with E-state index in [1.54, 1.807) is 17.1 Å². The van der Waals surface area contributed by atoms with Gasteiger partial charge in [-0.2, -0.15) is 0 Å². The number of nitrogens with two attached hydrogens (primary N) is 1. The van der Waals surface area contributed by atoms with Gasteiger partial charge in [0.1, 0.15) is 12.4 Å². The summed E-state index contributed by atoms with van der Waals surface area (Å²) < 4.78 is 5.48. The molecule has 1 heterocycles. The molecule has 0 radical (unpaired) electrons. The van der Waals surface area contributed by atoms with Gasteiger partial charge in [-0.15, -0.1) is 0 Å². The second-order valence-electron chi connectivity index (χ2n) is 3.26. The topological polar surface area (TPSA) is 59.8 Å². The Balaban J connectivity index is 1.88. The Hall–Kier alpha value is -1.88. The van der Waals surface area contributed by atoms with Crippen LogP contribution >= 0.6 is 0 Å². The number of ether oxygens (including phenoxy) is 1. The molecule has 80 valence electrons. The molecule has 0 saturated carbocycles. The fourth-order valence-corrected chi connectivity index (χ4v) is 1.18. The molecule has 0 spiro atoms. The Labute approximate surface area is 88.0 Å². The molecule has 0 atom stereocenters. The van der Waals surface area contributed by atoms with Crippen LogP contribution in [0, 0.1) is 0 Å². The monoisotopic (exact) mass is 207 g/mol. The molecule has 5 heteroatoms. The van der Waals surface area contributed by atoms with Crippen LogP contribution < -0.4 is 16.1 Å². The lowest BCUT2D eigenvalue weighted by Crippen LogP contribution is -2.22. The molecule has 0 fully saturated rings. The fourth-order valence-electron chi connectivity index (χ4n) is 1.18. The molecule has 15 heavy (non-hydrogen) atoms. The molecule has 5 nitrogen and oxygen atoms in total. The number of nitrogens with one attached hydrogen (secondary N) is 1. The lowest BCUT2D eigenvalue weighted by Gasteiger charge is -2.06. The normalized spacial score (nSPS) is 14.7. The Kier molecular flexibility index (Phi) is 2.64. The first-order chi connectivity index (χ1) is 7.24. The maximum absolute atomic E-state index is 5.55. The highest BCUT2D eigenvalue weighted by Gasteiger charge is 2.09. The van der Waals surface area contributed by atoms with Crippen LogP contribution in [0.3, 0.4) is 0 Å². The molecule has 1 aliphatic rings. The van der Waals surface area contributed by atoms with E-state index < -0.39 is 0 Å². The molecule has 0 aromatic heterocycles. The summed E-state index contributed by atoms with van der Waals surface area (Å²) in [6, 6.07) is 7.23. The van der Waals surface area contributed by atoms with E-state index in [1.807, 2.05) is 25.4 Å². The smallest absolute Gasteiger partial charge is 0.181 e. The van der Waals surface area contributed by atoms with Crippen LogP contribution in [-0.4, -0.2) is 18.7 Å². The second-order valence-corrected chi connectivity index (χ2v) is 3.26. The van der Waals surface area contributed by atoms with Crippen molar-refractivity contribution in [1.82, 2.24) is 10.6 Å². The van der Waals surface area contributed by atoms with Gasteiger partial charge in [-0.05, 0) is 24.3 Å². The van der Waals surface area contributed by atoms with Gasteiger partial charge in [-0.1, -0.05) is 5.59 Å². The van der Waals surface area contributed by atoms with Crippen LogP contribution in [0.25, 0.3) is 0 Å². The number of rotatable bonds is 3. The van der Waals surface area contributed by atoms with Crippen molar-refractivity contribution in [2.45, 2.75) is 0 Å². The van der Waals surface area contributed by atoms with Gasteiger partial charge in [0.15, 0.2) is 5.76 Å². The summed E-state index contributed by atoms with van der Waals surface area (Å²) in [7, 11) is 1.84. The van der Waals surface area contributed by atoms with Gasteiger partial charge < -0.3 is 15.3 Å². The second kappa shape index (κ2) is 4.10. The van der Waals surface area contributed by atoms with Crippen molar-refractivity contribution in [3.63, 3.8) is 0 Å². The van der Waals surface area contributed by atoms with Crippen LogP contribution in [0.2, 0.25) is 0 Å². The first-order valence-corrected chi connectivity index (χ1v) is 4.58. The van der Waals surface area contributed by atoms with Crippen molar-refractivity contribution in [2.24, 2.45) is 0 Å². The van der Waals surface area contributed by atoms with Crippen molar-refractivity contribution >= 4 is 5.69 Å². The third kappa shape index (κ3) is 2.54. The minimum Gasteiger partial charge on any atom is -0.486 e. The zero-order valence-electron chi connectivity index (χ0n) is 8.43. The Morgan fingerprint density at radius 3 is 2.73 bits per heavy atom. The van der Waals surface area contributed by atoms with Crippen molar-refractivity contribution in [2.75, 3.05) is 19.4 Å². The van der Waals surface area contributed by atoms with Gasteiger partial charge in [-0.3, -0.25) is 5.01 Å². The maximum Gasteiger partial charge on any atom is 0.181 e. The van der Waals surface area contributed by atoms with Crippen LogP contribution in [0.5, 0.6) is 5.75 Å². The van der Waals surface area contributed by atoms with E-state index in [0.717, 1.165) is 17.2 Å². The Morgan fingerprint density at radius 2 is 2.13 bits per heavy atom. The minimum atomic E-state index is 0.390. The molecule has 0 saturated heterocycles. The standard InChI is InChI=1S/C10H13N3O2/c1-13-6-10(15-12-13)7-14-9-4-2-8(11)3-5-9/h2-6,12H,7,11H2,1H3. The van der Waals surface area contributed by atoms with E-state index in [4.69, 9.17) is 15.3 Å². The van der Waals surface area contributed by atoms with E-state index in [1.165, 1.54) is 0 Å². The predicted octanol–water partition coefficient (Wildman–Crippen LogP) is 0.871. The molecule has 1 aromatic carbocycles. The quantitative estimate of drug-likeness (QED) is 0.720. The molecule has 3 N–H and O–H groups in total. The predicted molar refractivity (Wildman–Crippen MR) is 56.4 cm³/mol. The highest BCUT2D eigenvalue weighted by atomic mass is 16.7. The highest BCUT2D eigenvalue weighted by molar-refractivity contribution is 5.41. The van der Waals surface area contributed by atoms with Crippen LogP contribution in [0.15, 0.2) is 36.2 Å². The van der Waals surface area contributed by atoms with Crippen LogP contribution in [0.4, 0.5) is 5.69 Å². The zero-order chi connectivity index (χ0) is 10.7. The molecule has 0 amide bonds. The van der Waals surface area contributed by atoms with Gasteiger partial charge >= 0.3 is 0 Å². The van der Waals surface area contributed by atoms with Crippen molar-refractivity contribution in [3.05, 3.63) is 36.2 Å². The largest absolute Gasteiger partial charge is 0.486 e. The number of hydrazine groups is 1. The van der Waals surface area contributed by atoms with E-state index in [9.17, 15) is 0 Å². The van der Waals surface area contributed by atoms with E-state index >= 15 is 0 Å². The molecule has 1 aliphatic heterocycles. The number of benzene rings is 1.